The summed E-state index contributed by atoms with van der Waals surface area (Å²) >= 11 is 5.66. The average Bonchev–Trinajstić information content (AvgIpc) is 3.44. The molecule has 0 N–H and O–H groups in total. The van der Waals surface area contributed by atoms with Gasteiger partial charge in [-0.1, -0.05) is 23.7 Å². The number of halogens is 4. The first-order valence-electron chi connectivity index (χ1n) is 12.0. The Hall–Kier alpha value is -3.24. The zero-order chi connectivity index (χ0) is 25.8. The Labute approximate surface area is 215 Å². The van der Waals surface area contributed by atoms with Gasteiger partial charge >= 0.3 is 11.9 Å². The molecule has 0 unspecified atom stereocenters. The molecule has 11 heteroatoms. The lowest BCUT2D eigenvalue weighted by atomic mass is 9.92. The van der Waals surface area contributed by atoms with E-state index in [1.807, 2.05) is 6.07 Å². The van der Waals surface area contributed by atoms with Crippen LogP contribution in [0.25, 0.3) is 0 Å². The molecule has 0 saturated carbocycles. The predicted octanol–water partition coefficient (Wildman–Crippen LogP) is 5.08. The average molecular weight is 534 g/mol. The number of fused-ring (bicyclic) bond motifs is 3. The molecule has 2 atom stereocenters. The maximum Gasteiger partial charge on any atom is 0.417 e. The van der Waals surface area contributed by atoms with Gasteiger partial charge in [-0.15, -0.1) is 0 Å². The van der Waals surface area contributed by atoms with Crippen LogP contribution in [0.5, 0.6) is 17.4 Å². The number of anilines is 1. The van der Waals surface area contributed by atoms with Crippen molar-refractivity contribution in [2.24, 2.45) is 0 Å². The van der Waals surface area contributed by atoms with Gasteiger partial charge in [-0.2, -0.15) is 18.2 Å². The van der Waals surface area contributed by atoms with E-state index in [4.69, 9.17) is 25.8 Å². The summed E-state index contributed by atoms with van der Waals surface area (Å²) in [5.74, 6) is 1.56. The highest BCUT2D eigenvalue weighted by atomic mass is 35.5. The van der Waals surface area contributed by atoms with E-state index in [1.165, 1.54) is 6.07 Å². The predicted molar refractivity (Wildman–Crippen MR) is 130 cm³/mol. The highest BCUT2D eigenvalue weighted by Gasteiger charge is 2.54. The highest BCUT2D eigenvalue weighted by Crippen LogP contribution is 2.46. The van der Waals surface area contributed by atoms with Crippen LogP contribution >= 0.6 is 11.6 Å². The third-order valence-corrected chi connectivity index (χ3v) is 7.57. The summed E-state index contributed by atoms with van der Waals surface area (Å²) in [6.07, 6.45) is -1.95. The summed E-state index contributed by atoms with van der Waals surface area (Å²) in [5, 5.41) is -0.382. The van der Waals surface area contributed by atoms with Crippen LogP contribution < -0.4 is 20.1 Å². The number of rotatable bonds is 6. The van der Waals surface area contributed by atoms with Gasteiger partial charge in [-0.25, -0.2) is 4.79 Å². The molecule has 37 heavy (non-hydrogen) atoms. The van der Waals surface area contributed by atoms with Crippen LogP contribution in [0.2, 0.25) is 5.02 Å². The molecule has 2 aromatic carbocycles. The van der Waals surface area contributed by atoms with Crippen LogP contribution in [0.1, 0.15) is 24.0 Å². The Bertz CT molecular complexity index is 1400. The van der Waals surface area contributed by atoms with Gasteiger partial charge in [0.05, 0.1) is 35.4 Å². The van der Waals surface area contributed by atoms with Crippen molar-refractivity contribution in [3.05, 3.63) is 75.2 Å². The first-order valence-corrected chi connectivity index (χ1v) is 12.4. The minimum atomic E-state index is -4.57. The normalized spacial score (nSPS) is 22.1. The van der Waals surface area contributed by atoms with Crippen molar-refractivity contribution in [3.8, 4) is 17.4 Å². The van der Waals surface area contributed by atoms with Crippen molar-refractivity contribution in [1.82, 2.24) is 9.55 Å². The Balaban J connectivity index is 1.09. The van der Waals surface area contributed by atoms with Gasteiger partial charge in [0, 0.05) is 32.0 Å². The second kappa shape index (κ2) is 8.95. The minimum absolute atomic E-state index is 0.0279. The third-order valence-electron chi connectivity index (χ3n) is 7.24. The maximum atomic E-state index is 13.1. The van der Waals surface area contributed by atoms with E-state index in [1.54, 1.807) is 28.8 Å². The van der Waals surface area contributed by atoms with Crippen molar-refractivity contribution in [2.75, 3.05) is 24.7 Å². The molecule has 3 aromatic rings. The van der Waals surface area contributed by atoms with Gasteiger partial charge in [-0.05, 0) is 42.3 Å². The van der Waals surface area contributed by atoms with E-state index >= 15 is 0 Å². The van der Waals surface area contributed by atoms with Gasteiger partial charge in [-0.3, -0.25) is 4.57 Å². The lowest BCUT2D eigenvalue weighted by Crippen LogP contribution is -2.54. The lowest BCUT2D eigenvalue weighted by molar-refractivity contribution is -0.137. The molecule has 0 aliphatic carbocycles. The van der Waals surface area contributed by atoms with Crippen molar-refractivity contribution in [3.63, 3.8) is 0 Å². The van der Waals surface area contributed by atoms with Crippen molar-refractivity contribution in [1.29, 1.82) is 0 Å². The molecule has 0 amide bonds. The van der Waals surface area contributed by atoms with Gasteiger partial charge in [0.15, 0.2) is 0 Å². The van der Waals surface area contributed by atoms with E-state index in [2.05, 4.69) is 9.88 Å². The summed E-state index contributed by atoms with van der Waals surface area (Å²) in [6.45, 7) is 2.38. The van der Waals surface area contributed by atoms with E-state index in [0.29, 0.717) is 37.8 Å². The van der Waals surface area contributed by atoms with Gasteiger partial charge in [0.2, 0.25) is 5.88 Å². The number of hydrogen-bond acceptors (Lipinski definition) is 6. The number of morpholine rings is 1. The summed E-state index contributed by atoms with van der Waals surface area (Å²) in [7, 11) is 0. The molecular weight excluding hydrogens is 511 g/mol. The summed E-state index contributed by atoms with van der Waals surface area (Å²) in [5.41, 5.74) is -0.359. The van der Waals surface area contributed by atoms with Crippen LogP contribution in [-0.2, 0) is 23.9 Å². The van der Waals surface area contributed by atoms with E-state index in [9.17, 15) is 18.0 Å². The Morgan fingerprint density at radius 3 is 2.68 bits per heavy atom. The first kappa shape index (κ1) is 24.1. The number of nitrogens with zero attached hydrogens (tertiary/aromatic N) is 3. The minimum Gasteiger partial charge on any atom is -0.477 e. The maximum absolute atomic E-state index is 13.1. The van der Waals surface area contributed by atoms with Gasteiger partial charge < -0.3 is 19.1 Å². The topological polar surface area (TPSA) is 65.8 Å². The monoisotopic (exact) mass is 533 g/mol. The Kier molecular flexibility index (Phi) is 5.83. The van der Waals surface area contributed by atoms with E-state index in [0.717, 1.165) is 42.9 Å². The molecular formula is C26H23ClF3N3O4. The number of alkyl halides is 3. The zero-order valence-corrected chi connectivity index (χ0v) is 20.4. The first-order chi connectivity index (χ1) is 17.7. The quantitative estimate of drug-likeness (QED) is 0.440. The molecule has 2 saturated heterocycles. The molecule has 194 valence electrons. The lowest BCUT2D eigenvalue weighted by Gasteiger charge is -2.44. The van der Waals surface area contributed by atoms with Crippen LogP contribution in [-0.4, -0.2) is 41.0 Å². The van der Waals surface area contributed by atoms with Crippen molar-refractivity contribution < 1.29 is 27.4 Å². The molecule has 3 aliphatic rings. The zero-order valence-electron chi connectivity index (χ0n) is 19.6. The second-order valence-electron chi connectivity index (χ2n) is 9.59. The molecule has 1 spiro atoms. The fourth-order valence-corrected chi connectivity index (χ4v) is 5.61. The Morgan fingerprint density at radius 2 is 1.92 bits per heavy atom. The standard InChI is InChI=1S/C26H23ClF3N3O4/c27-21-6-5-18(11-20(21)26(28,29)30)37-17-3-1-16(2-4-17)7-10-35-22-12-23-32(24(34)31-22)9-8-25-13-19(36-15-25)14-33(23)25/h1-6,11-12,19H,7-10,13-15H2/t19-,25-/m0/s1. The van der Waals surface area contributed by atoms with E-state index in [-0.39, 0.29) is 28.1 Å². The number of ether oxygens (including phenoxy) is 3. The van der Waals surface area contributed by atoms with Crippen molar-refractivity contribution in [2.45, 2.75) is 43.6 Å². The molecule has 2 fully saturated rings. The van der Waals surface area contributed by atoms with Gasteiger partial charge in [0.25, 0.3) is 0 Å². The smallest absolute Gasteiger partial charge is 0.417 e. The van der Waals surface area contributed by atoms with Gasteiger partial charge in [0.1, 0.15) is 17.3 Å². The molecule has 6 rings (SSSR count). The SMILES string of the molecule is O=c1nc(OCCc2ccc(Oc3ccc(Cl)c(C(F)(F)F)c3)cc2)cc2n1CC[C@]13CO[C@H](CN21)C3. The van der Waals surface area contributed by atoms with Crippen LogP contribution in [0, 0.1) is 0 Å². The molecule has 1 aromatic heterocycles. The largest absolute Gasteiger partial charge is 0.477 e. The number of hydrogen-bond donors (Lipinski definition) is 0. The fraction of sp³-hybridized carbons (Fsp3) is 0.385. The van der Waals surface area contributed by atoms with Crippen molar-refractivity contribution >= 4 is 17.4 Å². The molecule has 7 nitrogen and oxygen atoms in total. The summed E-state index contributed by atoms with van der Waals surface area (Å²) in [6, 6.07) is 12.2. The molecule has 4 heterocycles. The van der Waals surface area contributed by atoms with Crippen LogP contribution in [0.3, 0.4) is 0 Å². The third kappa shape index (κ3) is 4.53. The number of benzene rings is 2. The van der Waals surface area contributed by atoms with E-state index < -0.39 is 11.7 Å². The molecule has 3 aliphatic heterocycles. The number of aromatic nitrogens is 2. The fourth-order valence-electron chi connectivity index (χ4n) is 5.38. The van der Waals surface area contributed by atoms with Crippen LogP contribution in [0.4, 0.5) is 19.0 Å². The van der Waals surface area contributed by atoms with Crippen LogP contribution in [0.15, 0.2) is 53.3 Å². The Morgan fingerprint density at radius 1 is 1.14 bits per heavy atom. The highest BCUT2D eigenvalue weighted by molar-refractivity contribution is 6.31. The molecule has 0 radical (unpaired) electrons. The molecule has 2 bridgehead atoms. The summed E-state index contributed by atoms with van der Waals surface area (Å²) in [4.78, 5) is 19.0. The second-order valence-corrected chi connectivity index (χ2v) is 10.00. The summed E-state index contributed by atoms with van der Waals surface area (Å²) < 4.78 is 58.2.